The first kappa shape index (κ1) is 23.8. The van der Waals surface area contributed by atoms with Gasteiger partial charge in [0.1, 0.15) is 18.1 Å². The molecule has 0 aliphatic heterocycles. The summed E-state index contributed by atoms with van der Waals surface area (Å²) in [5, 5.41) is 6.54. The fourth-order valence-corrected chi connectivity index (χ4v) is 3.22. The number of ether oxygens (including phenoxy) is 2. The van der Waals surface area contributed by atoms with Crippen molar-refractivity contribution < 1.29 is 31.8 Å². The number of rotatable bonds is 8. The molecule has 4 aromatic rings. The molecule has 1 aromatic heterocycles. The maximum atomic E-state index is 13.9. The van der Waals surface area contributed by atoms with Gasteiger partial charge in [-0.25, -0.2) is 17.6 Å². The summed E-state index contributed by atoms with van der Waals surface area (Å²) in [4.78, 5) is 12.5. The number of methoxy groups -OCH3 is 1. The quantitative estimate of drug-likeness (QED) is 0.271. The van der Waals surface area contributed by atoms with Crippen LogP contribution in [-0.4, -0.2) is 22.8 Å². The average molecular weight is 485 g/mol. The maximum absolute atomic E-state index is 13.9. The number of nitrogens with zero attached hydrogens (tertiary/aromatic N) is 2. The molecule has 10 heteroatoms. The van der Waals surface area contributed by atoms with Gasteiger partial charge in [0.05, 0.1) is 19.2 Å². The van der Waals surface area contributed by atoms with Gasteiger partial charge in [0.25, 0.3) is 5.91 Å². The maximum Gasteiger partial charge on any atom is 0.256 e. The molecule has 0 aliphatic rings. The summed E-state index contributed by atoms with van der Waals surface area (Å²) >= 11 is 0. The van der Waals surface area contributed by atoms with Crippen LogP contribution in [0.4, 0.5) is 23.4 Å². The minimum Gasteiger partial charge on any atom is -0.497 e. The Kier molecular flexibility index (Phi) is 7.00. The molecule has 35 heavy (non-hydrogen) atoms. The van der Waals surface area contributed by atoms with E-state index in [-0.39, 0.29) is 11.9 Å². The van der Waals surface area contributed by atoms with E-state index in [9.17, 15) is 22.4 Å². The number of carbonyl (C=O) groups is 1. The summed E-state index contributed by atoms with van der Waals surface area (Å²) in [5.41, 5.74) is 0.376. The van der Waals surface area contributed by atoms with Crippen LogP contribution in [0.2, 0.25) is 0 Å². The molecular formula is C25H19F4N3O3. The van der Waals surface area contributed by atoms with Gasteiger partial charge in [-0.15, -0.1) is 0 Å². The zero-order valence-electron chi connectivity index (χ0n) is 18.4. The lowest BCUT2D eigenvalue weighted by Gasteiger charge is -2.08. The van der Waals surface area contributed by atoms with Gasteiger partial charge in [0, 0.05) is 23.9 Å². The van der Waals surface area contributed by atoms with E-state index in [1.165, 1.54) is 12.3 Å². The number of carbonyl (C=O) groups excluding carboxylic acids is 1. The van der Waals surface area contributed by atoms with Crippen molar-refractivity contribution in [3.05, 3.63) is 107 Å². The van der Waals surface area contributed by atoms with Crippen LogP contribution in [0.1, 0.15) is 21.5 Å². The topological polar surface area (TPSA) is 65.4 Å². The van der Waals surface area contributed by atoms with E-state index in [0.717, 1.165) is 16.0 Å². The SMILES string of the molecule is COc1ccc(OCc2ccc(C(=O)Nc3ccn(Cc4c(F)c(F)cc(F)c4F)n3)cc2)cc1. The lowest BCUT2D eigenvalue weighted by Crippen LogP contribution is -2.13. The minimum atomic E-state index is -1.50. The van der Waals surface area contributed by atoms with Gasteiger partial charge in [-0.1, -0.05) is 12.1 Å². The molecule has 0 fully saturated rings. The van der Waals surface area contributed by atoms with Crippen molar-refractivity contribution in [3.63, 3.8) is 0 Å². The second-order valence-electron chi connectivity index (χ2n) is 7.46. The third-order valence-corrected chi connectivity index (χ3v) is 5.09. The van der Waals surface area contributed by atoms with Gasteiger partial charge >= 0.3 is 0 Å². The second-order valence-corrected chi connectivity index (χ2v) is 7.46. The first-order chi connectivity index (χ1) is 16.8. The Morgan fingerprint density at radius 1 is 0.914 bits per heavy atom. The smallest absolute Gasteiger partial charge is 0.256 e. The number of anilines is 1. The summed E-state index contributed by atoms with van der Waals surface area (Å²) < 4.78 is 66.4. The fourth-order valence-electron chi connectivity index (χ4n) is 3.22. The van der Waals surface area contributed by atoms with Gasteiger partial charge in [-0.2, -0.15) is 5.10 Å². The predicted molar refractivity (Wildman–Crippen MR) is 119 cm³/mol. The van der Waals surface area contributed by atoms with Gasteiger partial charge in [-0.05, 0) is 42.0 Å². The van der Waals surface area contributed by atoms with E-state index in [2.05, 4.69) is 10.4 Å². The predicted octanol–water partition coefficient (Wildman–Crippen LogP) is 5.33. The Morgan fingerprint density at radius 3 is 2.17 bits per heavy atom. The first-order valence-corrected chi connectivity index (χ1v) is 10.4. The molecule has 6 nitrogen and oxygen atoms in total. The molecule has 1 N–H and O–H groups in total. The van der Waals surface area contributed by atoms with Gasteiger partial charge in [-0.3, -0.25) is 9.48 Å². The summed E-state index contributed by atoms with van der Waals surface area (Å²) in [6.45, 7) is -0.266. The van der Waals surface area contributed by atoms with Crippen LogP contribution in [0.3, 0.4) is 0 Å². The van der Waals surface area contributed by atoms with Crippen molar-refractivity contribution in [1.29, 1.82) is 0 Å². The Morgan fingerprint density at radius 2 is 1.54 bits per heavy atom. The highest BCUT2D eigenvalue weighted by molar-refractivity contribution is 6.03. The van der Waals surface area contributed by atoms with Crippen molar-refractivity contribution in [2.24, 2.45) is 0 Å². The third kappa shape index (κ3) is 5.60. The Labute approximate surface area is 197 Å². The number of nitrogens with one attached hydrogen (secondary N) is 1. The molecule has 0 saturated heterocycles. The van der Waals surface area contributed by atoms with Crippen molar-refractivity contribution in [2.45, 2.75) is 13.2 Å². The zero-order chi connectivity index (χ0) is 24.9. The molecule has 0 saturated carbocycles. The average Bonchev–Trinajstić information content (AvgIpc) is 3.31. The lowest BCUT2D eigenvalue weighted by molar-refractivity contribution is 0.102. The molecule has 0 unspecified atom stereocenters. The van der Waals surface area contributed by atoms with Crippen LogP contribution in [0, 0.1) is 23.3 Å². The highest BCUT2D eigenvalue weighted by Gasteiger charge is 2.20. The molecule has 1 heterocycles. The van der Waals surface area contributed by atoms with E-state index < -0.39 is 41.3 Å². The highest BCUT2D eigenvalue weighted by atomic mass is 19.2. The number of benzene rings is 3. The number of amides is 1. The van der Waals surface area contributed by atoms with Gasteiger partial charge in [0.15, 0.2) is 29.1 Å². The van der Waals surface area contributed by atoms with Crippen LogP contribution in [0.15, 0.2) is 66.9 Å². The summed E-state index contributed by atoms with van der Waals surface area (Å²) in [5.74, 6) is -4.98. The number of aromatic nitrogens is 2. The fraction of sp³-hybridized carbons (Fsp3) is 0.120. The standard InChI is InChI=1S/C25H19F4N3O3/c1-34-17-6-8-18(9-7-17)35-14-15-2-4-16(5-3-15)25(33)30-22-10-11-32(31-22)13-19-23(28)20(26)12-21(27)24(19)29/h2-12H,13-14H2,1H3,(H,30,31,33). The van der Waals surface area contributed by atoms with Crippen LogP contribution < -0.4 is 14.8 Å². The third-order valence-electron chi connectivity index (χ3n) is 5.09. The number of halogens is 4. The Bertz CT molecular complexity index is 1310. The molecule has 1 amide bonds. The van der Waals surface area contributed by atoms with Crippen molar-refractivity contribution >= 4 is 11.7 Å². The highest BCUT2D eigenvalue weighted by Crippen LogP contribution is 2.21. The first-order valence-electron chi connectivity index (χ1n) is 10.4. The Balaban J connectivity index is 1.35. The Hall–Kier alpha value is -4.34. The van der Waals surface area contributed by atoms with Gasteiger partial charge in [0.2, 0.25) is 0 Å². The molecule has 180 valence electrons. The van der Waals surface area contributed by atoms with Crippen molar-refractivity contribution in [3.8, 4) is 11.5 Å². The molecule has 0 radical (unpaired) electrons. The molecule has 0 atom stereocenters. The molecule has 4 rings (SSSR count). The minimum absolute atomic E-state index is 0.0969. The molecule has 0 bridgehead atoms. The zero-order valence-corrected chi connectivity index (χ0v) is 18.4. The van der Waals surface area contributed by atoms with Crippen molar-refractivity contribution in [1.82, 2.24) is 9.78 Å². The van der Waals surface area contributed by atoms with Crippen LogP contribution in [0.5, 0.6) is 11.5 Å². The number of hydrogen-bond donors (Lipinski definition) is 1. The second kappa shape index (κ2) is 10.3. The van der Waals surface area contributed by atoms with Crippen LogP contribution in [-0.2, 0) is 13.2 Å². The van der Waals surface area contributed by atoms with E-state index in [0.29, 0.717) is 17.9 Å². The van der Waals surface area contributed by atoms with E-state index in [4.69, 9.17) is 9.47 Å². The molecule has 0 aliphatic carbocycles. The molecule has 3 aromatic carbocycles. The summed E-state index contributed by atoms with van der Waals surface area (Å²) in [6.07, 6.45) is 1.32. The largest absolute Gasteiger partial charge is 0.497 e. The summed E-state index contributed by atoms with van der Waals surface area (Å²) in [7, 11) is 1.58. The summed E-state index contributed by atoms with van der Waals surface area (Å²) in [6, 6.07) is 15.4. The van der Waals surface area contributed by atoms with E-state index in [1.54, 1.807) is 55.6 Å². The normalized spacial score (nSPS) is 10.8. The van der Waals surface area contributed by atoms with E-state index in [1.807, 2.05) is 0 Å². The lowest BCUT2D eigenvalue weighted by atomic mass is 10.1. The monoisotopic (exact) mass is 485 g/mol. The number of hydrogen-bond acceptors (Lipinski definition) is 4. The molecule has 0 spiro atoms. The van der Waals surface area contributed by atoms with Crippen LogP contribution in [0.25, 0.3) is 0 Å². The van der Waals surface area contributed by atoms with Crippen molar-refractivity contribution in [2.75, 3.05) is 12.4 Å². The van der Waals surface area contributed by atoms with Crippen LogP contribution >= 0.6 is 0 Å². The van der Waals surface area contributed by atoms with Gasteiger partial charge < -0.3 is 14.8 Å². The van der Waals surface area contributed by atoms with E-state index >= 15 is 0 Å². The molecular weight excluding hydrogens is 466 g/mol.